The molecule has 1 aliphatic rings. The van der Waals surface area contributed by atoms with Crippen LogP contribution >= 0.6 is 0 Å². The number of fused-ring (bicyclic) bond motifs is 2. The van der Waals surface area contributed by atoms with E-state index in [1.165, 1.54) is 18.1 Å². The Morgan fingerprint density at radius 1 is 0.818 bits per heavy atom. The number of rotatable bonds is 7. The summed E-state index contributed by atoms with van der Waals surface area (Å²) in [5.74, 6) is -0.189. The zero-order valence-electron chi connectivity index (χ0n) is 26.4. The second-order valence-electron chi connectivity index (χ2n) is 11.8. The van der Waals surface area contributed by atoms with Crippen LogP contribution < -0.4 is 5.73 Å². The van der Waals surface area contributed by atoms with E-state index in [0.717, 1.165) is 72.6 Å². The minimum absolute atomic E-state index is 0.000524. The van der Waals surface area contributed by atoms with Crippen LogP contribution in [0, 0.1) is 26.2 Å². The SMILES string of the molecule is CC(=O)C(=C(C)O)C1=C(C=CC(=N)c2cccc3c(C)ccc(C)c23)CC/C1=C\C=C(\C)c1cccc2c(C)ccc(N)c12. The smallest absolute Gasteiger partial charge is 0.163 e. The average Bonchev–Trinajstić information content (AvgIpc) is 3.39. The largest absolute Gasteiger partial charge is 0.512 e. The molecule has 4 aromatic rings. The third-order valence-corrected chi connectivity index (χ3v) is 8.73. The number of nitrogen functional groups attached to an aromatic ring is 1. The van der Waals surface area contributed by atoms with Crippen LogP contribution in [0.2, 0.25) is 0 Å². The number of nitrogens with two attached hydrogens (primary N) is 1. The first-order valence-corrected chi connectivity index (χ1v) is 15.1. The molecule has 4 heteroatoms. The van der Waals surface area contributed by atoms with E-state index in [2.05, 4.69) is 76.2 Å². The summed E-state index contributed by atoms with van der Waals surface area (Å²) >= 11 is 0. The molecule has 44 heavy (non-hydrogen) atoms. The second-order valence-corrected chi connectivity index (χ2v) is 11.8. The fourth-order valence-electron chi connectivity index (χ4n) is 6.44. The van der Waals surface area contributed by atoms with Gasteiger partial charge in [-0.2, -0.15) is 0 Å². The van der Waals surface area contributed by atoms with E-state index in [9.17, 15) is 9.90 Å². The maximum Gasteiger partial charge on any atom is 0.163 e. The van der Waals surface area contributed by atoms with Crippen LogP contribution in [0.15, 0.2) is 113 Å². The number of aliphatic hydroxyl groups excluding tert-OH is 1. The fraction of sp³-hybridized carbons (Fsp3) is 0.200. The summed E-state index contributed by atoms with van der Waals surface area (Å²) in [6, 6.07) is 20.5. The van der Waals surface area contributed by atoms with Gasteiger partial charge in [0.15, 0.2) is 5.78 Å². The average molecular weight is 581 g/mol. The molecule has 0 aliphatic heterocycles. The van der Waals surface area contributed by atoms with Gasteiger partial charge in [-0.05, 0) is 127 Å². The van der Waals surface area contributed by atoms with Gasteiger partial charge in [0.2, 0.25) is 0 Å². The van der Waals surface area contributed by atoms with Gasteiger partial charge in [-0.3, -0.25) is 4.79 Å². The third-order valence-electron chi connectivity index (χ3n) is 8.73. The fourth-order valence-corrected chi connectivity index (χ4v) is 6.44. The molecule has 0 amide bonds. The van der Waals surface area contributed by atoms with Crippen molar-refractivity contribution < 1.29 is 9.90 Å². The molecule has 0 unspecified atom stereocenters. The Labute approximate surface area is 260 Å². The predicted octanol–water partition coefficient (Wildman–Crippen LogP) is 9.97. The first kappa shape index (κ1) is 30.5. The highest BCUT2D eigenvalue weighted by Gasteiger charge is 2.25. The number of allylic oxidation sites excluding steroid dienone is 10. The number of aliphatic hydroxyl groups is 1. The van der Waals surface area contributed by atoms with Crippen LogP contribution in [0.3, 0.4) is 0 Å². The summed E-state index contributed by atoms with van der Waals surface area (Å²) in [5.41, 5.74) is 17.1. The van der Waals surface area contributed by atoms with Crippen molar-refractivity contribution in [3.63, 3.8) is 0 Å². The molecule has 0 radical (unpaired) electrons. The maximum atomic E-state index is 12.8. The summed E-state index contributed by atoms with van der Waals surface area (Å²) in [5, 5.41) is 24.0. The van der Waals surface area contributed by atoms with Crippen molar-refractivity contribution in [3.05, 3.63) is 141 Å². The van der Waals surface area contributed by atoms with Crippen LogP contribution in [-0.4, -0.2) is 16.6 Å². The van der Waals surface area contributed by atoms with Crippen LogP contribution in [0.25, 0.3) is 27.1 Å². The molecule has 0 saturated heterocycles. The Balaban J connectivity index is 1.59. The van der Waals surface area contributed by atoms with Crippen molar-refractivity contribution in [2.24, 2.45) is 0 Å². The highest BCUT2D eigenvalue weighted by atomic mass is 16.3. The van der Waals surface area contributed by atoms with Crippen LogP contribution in [0.1, 0.15) is 61.4 Å². The molecule has 4 N–H and O–H groups in total. The van der Waals surface area contributed by atoms with Crippen molar-refractivity contribution in [2.45, 2.75) is 54.4 Å². The number of Topliss-reactive ketones (excluding diaryl/α,β-unsaturated/α-hetero) is 1. The van der Waals surface area contributed by atoms with Crippen LogP contribution in [-0.2, 0) is 4.79 Å². The number of carbonyl (C=O) groups is 1. The molecule has 0 heterocycles. The van der Waals surface area contributed by atoms with Gasteiger partial charge in [-0.1, -0.05) is 72.8 Å². The highest BCUT2D eigenvalue weighted by Crippen LogP contribution is 2.39. The molecule has 0 fully saturated rings. The predicted molar refractivity (Wildman–Crippen MR) is 186 cm³/mol. The number of hydrogen-bond acceptors (Lipinski definition) is 4. The number of carbonyl (C=O) groups excluding carboxylic acids is 1. The lowest BCUT2D eigenvalue weighted by atomic mass is 9.92. The summed E-state index contributed by atoms with van der Waals surface area (Å²) in [6.45, 7) is 11.4. The number of nitrogens with one attached hydrogen (secondary N) is 1. The minimum Gasteiger partial charge on any atom is -0.512 e. The Kier molecular flexibility index (Phi) is 8.55. The molecule has 4 nitrogen and oxygen atoms in total. The summed E-state index contributed by atoms with van der Waals surface area (Å²) < 4.78 is 0. The van der Waals surface area contributed by atoms with Gasteiger partial charge >= 0.3 is 0 Å². The quantitative estimate of drug-likeness (QED) is 0.0880. The molecule has 0 saturated carbocycles. The first-order chi connectivity index (χ1) is 21.0. The Hall–Kier alpha value is -4.96. The van der Waals surface area contributed by atoms with E-state index in [4.69, 9.17) is 11.1 Å². The summed E-state index contributed by atoms with van der Waals surface area (Å²) in [7, 11) is 0. The first-order valence-electron chi connectivity index (χ1n) is 15.1. The number of aryl methyl sites for hydroxylation is 3. The molecular formula is C40H40N2O2. The third kappa shape index (κ3) is 5.68. The maximum absolute atomic E-state index is 12.8. The molecule has 0 spiro atoms. The second kappa shape index (κ2) is 12.3. The lowest BCUT2D eigenvalue weighted by Gasteiger charge is -2.13. The Morgan fingerprint density at radius 2 is 1.43 bits per heavy atom. The number of anilines is 1. The van der Waals surface area contributed by atoms with Gasteiger partial charge in [0, 0.05) is 16.6 Å². The van der Waals surface area contributed by atoms with Crippen molar-refractivity contribution in [2.75, 3.05) is 5.73 Å². The normalized spacial score (nSPS) is 15.6. The minimum atomic E-state index is -0.188. The molecular weight excluding hydrogens is 540 g/mol. The summed E-state index contributed by atoms with van der Waals surface area (Å²) in [4.78, 5) is 12.8. The number of ketones is 1. The molecule has 5 rings (SSSR count). The van der Waals surface area contributed by atoms with E-state index in [1.54, 1.807) is 6.92 Å². The zero-order valence-corrected chi connectivity index (χ0v) is 26.4. The molecule has 4 aromatic carbocycles. The molecule has 0 atom stereocenters. The van der Waals surface area contributed by atoms with Gasteiger partial charge < -0.3 is 16.2 Å². The molecule has 0 aromatic heterocycles. The van der Waals surface area contributed by atoms with E-state index in [0.29, 0.717) is 17.7 Å². The van der Waals surface area contributed by atoms with Crippen molar-refractivity contribution in [1.29, 1.82) is 5.41 Å². The monoisotopic (exact) mass is 580 g/mol. The van der Waals surface area contributed by atoms with Gasteiger partial charge in [0.25, 0.3) is 0 Å². The van der Waals surface area contributed by atoms with Gasteiger partial charge in [-0.15, -0.1) is 0 Å². The lowest BCUT2D eigenvalue weighted by Crippen LogP contribution is -2.05. The lowest BCUT2D eigenvalue weighted by molar-refractivity contribution is -0.113. The van der Waals surface area contributed by atoms with Crippen LogP contribution in [0.5, 0.6) is 0 Å². The topological polar surface area (TPSA) is 87.2 Å². The number of hydrogen-bond donors (Lipinski definition) is 3. The van der Waals surface area contributed by atoms with Crippen molar-refractivity contribution in [3.8, 4) is 0 Å². The van der Waals surface area contributed by atoms with E-state index < -0.39 is 0 Å². The Bertz CT molecular complexity index is 2010. The molecule has 0 bridgehead atoms. The van der Waals surface area contributed by atoms with Crippen LogP contribution in [0.4, 0.5) is 5.69 Å². The van der Waals surface area contributed by atoms with Gasteiger partial charge in [-0.25, -0.2) is 0 Å². The summed E-state index contributed by atoms with van der Waals surface area (Å²) in [6.07, 6.45) is 9.33. The van der Waals surface area contributed by atoms with E-state index in [1.807, 2.05) is 36.4 Å². The molecule has 222 valence electrons. The van der Waals surface area contributed by atoms with E-state index >= 15 is 0 Å². The standard InChI is InChI=1S/C40H40N2O2/c1-23-13-14-26(4)37-31(23)9-8-12-34(37)35(41)22-20-30-19-18-29(39(30)38(27(5)43)28(6)44)17-15-24(2)32-10-7-11-33-25(3)16-21-36(42)40(32)33/h7-17,20-22,41,43H,18-19,42H2,1-6H3/b22-20?,24-15-,29-17+,38-27?,41-35?. The van der Waals surface area contributed by atoms with E-state index in [-0.39, 0.29) is 11.5 Å². The van der Waals surface area contributed by atoms with Crippen molar-refractivity contribution >= 4 is 44.3 Å². The highest BCUT2D eigenvalue weighted by molar-refractivity contribution is 6.16. The Morgan fingerprint density at radius 3 is 2.09 bits per heavy atom. The number of benzene rings is 4. The van der Waals surface area contributed by atoms with Gasteiger partial charge in [0.05, 0.1) is 11.3 Å². The van der Waals surface area contributed by atoms with Crippen molar-refractivity contribution in [1.82, 2.24) is 0 Å². The zero-order chi connectivity index (χ0) is 31.7. The molecule has 1 aliphatic carbocycles. The van der Waals surface area contributed by atoms with Gasteiger partial charge in [0.1, 0.15) is 5.76 Å².